The molecule has 0 aliphatic rings. The van der Waals surface area contributed by atoms with E-state index in [2.05, 4.69) is 24.8 Å². The topological polar surface area (TPSA) is 44.1 Å². The molecule has 1 rings (SSSR count). The van der Waals surface area contributed by atoms with Gasteiger partial charge in [-0.15, -0.1) is 11.3 Å². The normalized spacial score (nSPS) is 10.9. The van der Waals surface area contributed by atoms with E-state index in [1.807, 2.05) is 19.9 Å². The highest BCUT2D eigenvalue weighted by Crippen LogP contribution is 2.21. The number of carbonyl (C=O) groups excluding carboxylic acids is 1. The Hall–Kier alpha value is -1.18. The number of hydrogen-bond donors (Lipinski definition) is 0. The van der Waals surface area contributed by atoms with E-state index in [-0.39, 0.29) is 11.8 Å². The van der Waals surface area contributed by atoms with E-state index in [9.17, 15) is 4.79 Å². The molecule has 4 heteroatoms. The number of ketones is 1. The molecule has 1 aromatic rings. The first-order chi connectivity index (χ1) is 8.45. The molecule has 0 bridgehead atoms. The molecular weight excluding hydrogens is 244 g/mol. The van der Waals surface area contributed by atoms with Gasteiger partial charge in [0.2, 0.25) is 0 Å². The average Bonchev–Trinajstić information content (AvgIpc) is 2.63. The minimum absolute atomic E-state index is 0.156. The molecule has 0 atom stereocenters. The number of aryl methyl sites for hydroxylation is 2. The van der Waals surface area contributed by atoms with Crippen LogP contribution in [0, 0.1) is 25.2 Å². The number of nitriles is 1. The third-order valence-corrected chi connectivity index (χ3v) is 3.90. The lowest BCUT2D eigenvalue weighted by Crippen LogP contribution is -2.36. The Kier molecular flexibility index (Phi) is 5.52. The van der Waals surface area contributed by atoms with Crippen molar-refractivity contribution in [1.29, 1.82) is 5.26 Å². The van der Waals surface area contributed by atoms with Crippen LogP contribution in [0.5, 0.6) is 0 Å². The summed E-state index contributed by atoms with van der Waals surface area (Å²) in [5.41, 5.74) is 0.833. The first-order valence-electron chi connectivity index (χ1n) is 6.17. The van der Waals surface area contributed by atoms with E-state index in [1.165, 1.54) is 4.88 Å². The maximum absolute atomic E-state index is 12.2. The van der Waals surface area contributed by atoms with Crippen molar-refractivity contribution in [3.05, 3.63) is 21.4 Å². The van der Waals surface area contributed by atoms with Gasteiger partial charge in [-0.05, 0) is 33.8 Å². The first kappa shape index (κ1) is 14.9. The molecule has 1 heterocycles. The number of nitrogens with zero attached hydrogens (tertiary/aromatic N) is 2. The first-order valence-corrected chi connectivity index (χ1v) is 6.98. The third-order valence-electron chi connectivity index (χ3n) is 2.93. The Balaban J connectivity index is 2.72. The van der Waals surface area contributed by atoms with Crippen molar-refractivity contribution < 1.29 is 4.79 Å². The molecule has 0 amide bonds. The SMILES string of the molecule is Cc1cc(C(=O)CN(CCC#N)C(C)C)c(C)s1. The molecular formula is C14H20N2OS. The molecule has 0 saturated carbocycles. The highest BCUT2D eigenvalue weighted by Gasteiger charge is 2.17. The summed E-state index contributed by atoms with van der Waals surface area (Å²) < 4.78 is 0. The number of carbonyl (C=O) groups is 1. The fourth-order valence-electron chi connectivity index (χ4n) is 1.89. The van der Waals surface area contributed by atoms with Crippen LogP contribution in [-0.2, 0) is 0 Å². The van der Waals surface area contributed by atoms with Crippen LogP contribution >= 0.6 is 11.3 Å². The molecule has 0 aliphatic carbocycles. The van der Waals surface area contributed by atoms with Crippen molar-refractivity contribution in [3.63, 3.8) is 0 Å². The van der Waals surface area contributed by atoms with Gasteiger partial charge in [-0.25, -0.2) is 0 Å². The summed E-state index contributed by atoms with van der Waals surface area (Å²) in [6.45, 7) is 9.16. The molecule has 0 radical (unpaired) electrons. The summed E-state index contributed by atoms with van der Waals surface area (Å²) in [5.74, 6) is 0.156. The minimum atomic E-state index is 0.156. The summed E-state index contributed by atoms with van der Waals surface area (Å²) in [6, 6.07) is 4.37. The zero-order chi connectivity index (χ0) is 13.7. The van der Waals surface area contributed by atoms with Gasteiger partial charge in [-0.3, -0.25) is 9.69 Å². The second-order valence-corrected chi connectivity index (χ2v) is 6.18. The summed E-state index contributed by atoms with van der Waals surface area (Å²) in [4.78, 5) is 16.5. The Labute approximate surface area is 113 Å². The van der Waals surface area contributed by atoms with Crippen molar-refractivity contribution in [2.24, 2.45) is 0 Å². The van der Waals surface area contributed by atoms with E-state index < -0.39 is 0 Å². The highest BCUT2D eigenvalue weighted by atomic mass is 32.1. The Morgan fingerprint density at radius 3 is 2.61 bits per heavy atom. The van der Waals surface area contributed by atoms with Crippen LogP contribution in [0.2, 0.25) is 0 Å². The predicted molar refractivity (Wildman–Crippen MR) is 75.1 cm³/mol. The van der Waals surface area contributed by atoms with Crippen molar-refractivity contribution in [2.75, 3.05) is 13.1 Å². The van der Waals surface area contributed by atoms with Crippen LogP contribution in [0.25, 0.3) is 0 Å². The number of rotatable bonds is 6. The van der Waals surface area contributed by atoms with E-state index in [4.69, 9.17) is 5.26 Å². The van der Waals surface area contributed by atoms with Crippen LogP contribution in [-0.4, -0.2) is 29.8 Å². The van der Waals surface area contributed by atoms with Gasteiger partial charge in [0.1, 0.15) is 0 Å². The molecule has 0 N–H and O–H groups in total. The quantitative estimate of drug-likeness (QED) is 0.741. The van der Waals surface area contributed by atoms with Crippen LogP contribution in [0.3, 0.4) is 0 Å². The Bertz CT molecular complexity index is 457. The van der Waals surface area contributed by atoms with Gasteiger partial charge in [0, 0.05) is 34.3 Å². The fraction of sp³-hybridized carbons (Fsp3) is 0.571. The highest BCUT2D eigenvalue weighted by molar-refractivity contribution is 7.12. The van der Waals surface area contributed by atoms with E-state index >= 15 is 0 Å². The average molecular weight is 264 g/mol. The fourth-order valence-corrected chi connectivity index (χ4v) is 2.83. The van der Waals surface area contributed by atoms with Crippen molar-refractivity contribution in [1.82, 2.24) is 4.90 Å². The maximum atomic E-state index is 12.2. The molecule has 0 fully saturated rings. The molecule has 1 aromatic heterocycles. The van der Waals surface area contributed by atoms with Crippen LogP contribution in [0.15, 0.2) is 6.07 Å². The zero-order valence-corrected chi connectivity index (χ0v) is 12.3. The van der Waals surface area contributed by atoms with Crippen molar-refractivity contribution >= 4 is 17.1 Å². The molecule has 18 heavy (non-hydrogen) atoms. The van der Waals surface area contributed by atoms with E-state index in [0.717, 1.165) is 10.4 Å². The lowest BCUT2D eigenvalue weighted by molar-refractivity contribution is 0.0908. The van der Waals surface area contributed by atoms with Gasteiger partial charge < -0.3 is 0 Å². The summed E-state index contributed by atoms with van der Waals surface area (Å²) in [5, 5.41) is 8.64. The molecule has 0 unspecified atom stereocenters. The van der Waals surface area contributed by atoms with Gasteiger partial charge in [-0.1, -0.05) is 0 Å². The Morgan fingerprint density at radius 2 is 2.17 bits per heavy atom. The van der Waals surface area contributed by atoms with Gasteiger partial charge in [0.05, 0.1) is 12.6 Å². The minimum Gasteiger partial charge on any atom is -0.293 e. The number of thiophene rings is 1. The molecule has 0 aliphatic heterocycles. The van der Waals surface area contributed by atoms with Crippen LogP contribution < -0.4 is 0 Å². The standard InChI is InChI=1S/C14H20N2OS/c1-10(2)16(7-5-6-15)9-14(17)13-8-11(3)18-12(13)4/h8,10H,5,7,9H2,1-4H3. The van der Waals surface area contributed by atoms with Crippen molar-refractivity contribution in [3.8, 4) is 6.07 Å². The second-order valence-electron chi connectivity index (χ2n) is 4.72. The van der Waals surface area contributed by atoms with Gasteiger partial charge in [-0.2, -0.15) is 5.26 Å². The molecule has 0 spiro atoms. The molecule has 0 aromatic carbocycles. The Morgan fingerprint density at radius 1 is 1.50 bits per heavy atom. The van der Waals surface area contributed by atoms with Crippen LogP contribution in [0.1, 0.15) is 40.4 Å². The van der Waals surface area contributed by atoms with E-state index in [0.29, 0.717) is 19.5 Å². The molecule has 3 nitrogen and oxygen atoms in total. The third kappa shape index (κ3) is 3.94. The lowest BCUT2D eigenvalue weighted by Gasteiger charge is -2.24. The van der Waals surface area contributed by atoms with Gasteiger partial charge in [0.15, 0.2) is 5.78 Å². The van der Waals surface area contributed by atoms with Crippen molar-refractivity contribution in [2.45, 2.75) is 40.2 Å². The summed E-state index contributed by atoms with van der Waals surface area (Å²) >= 11 is 1.66. The number of hydrogen-bond acceptors (Lipinski definition) is 4. The predicted octanol–water partition coefficient (Wildman–Crippen LogP) is 3.17. The summed E-state index contributed by atoms with van der Waals surface area (Å²) in [7, 11) is 0. The monoisotopic (exact) mass is 264 g/mol. The van der Waals surface area contributed by atoms with E-state index in [1.54, 1.807) is 11.3 Å². The second kappa shape index (κ2) is 6.67. The lowest BCUT2D eigenvalue weighted by atomic mass is 10.1. The maximum Gasteiger partial charge on any atom is 0.177 e. The molecule has 98 valence electrons. The van der Waals surface area contributed by atoms with Crippen LogP contribution in [0.4, 0.5) is 0 Å². The largest absolute Gasteiger partial charge is 0.293 e. The van der Waals surface area contributed by atoms with Gasteiger partial charge in [0.25, 0.3) is 0 Å². The van der Waals surface area contributed by atoms with Gasteiger partial charge >= 0.3 is 0 Å². The zero-order valence-electron chi connectivity index (χ0n) is 11.5. The summed E-state index contributed by atoms with van der Waals surface area (Å²) in [6.07, 6.45) is 0.465. The smallest absolute Gasteiger partial charge is 0.177 e. The number of Topliss-reactive ketones (excluding diaryl/α,β-unsaturated/α-hetero) is 1. The molecule has 0 saturated heterocycles.